The number of rotatable bonds is 6. The van der Waals surface area contributed by atoms with E-state index in [1.165, 1.54) is 18.3 Å². The molecule has 7 nitrogen and oxygen atoms in total. The number of carbonyl (C=O) groups excluding carboxylic acids is 1. The molecule has 0 aliphatic carbocycles. The fourth-order valence-corrected chi connectivity index (χ4v) is 4.25. The van der Waals surface area contributed by atoms with Crippen molar-refractivity contribution in [3.8, 4) is 0 Å². The van der Waals surface area contributed by atoms with Crippen molar-refractivity contribution in [1.29, 1.82) is 0 Å². The number of likely N-dealkylation sites (tertiary alicyclic amines) is 1. The molecule has 1 fully saturated rings. The van der Waals surface area contributed by atoms with E-state index in [1.54, 1.807) is 11.8 Å². The third-order valence-corrected chi connectivity index (χ3v) is 5.98. The van der Waals surface area contributed by atoms with E-state index >= 15 is 0 Å². The minimum Gasteiger partial charge on any atom is -0.444 e. The minimum absolute atomic E-state index is 0.0475. The van der Waals surface area contributed by atoms with E-state index in [0.29, 0.717) is 24.3 Å². The van der Waals surface area contributed by atoms with Crippen LogP contribution < -0.4 is 10.6 Å². The summed E-state index contributed by atoms with van der Waals surface area (Å²) in [5, 5.41) is 15.6. The van der Waals surface area contributed by atoms with Crippen molar-refractivity contribution in [2.45, 2.75) is 58.2 Å². The van der Waals surface area contributed by atoms with Gasteiger partial charge in [-0.2, -0.15) is 10.2 Å². The summed E-state index contributed by atoms with van der Waals surface area (Å²) in [6.45, 7) is 8.33. The van der Waals surface area contributed by atoms with Crippen LogP contribution in [0.4, 0.5) is 29.3 Å². The predicted octanol–water partition coefficient (Wildman–Crippen LogP) is 6.30. The average molecular weight is 502 g/mol. The maximum Gasteiger partial charge on any atom is 0.410 e. The number of hydrogen-bond donors (Lipinski definition) is 2. The largest absolute Gasteiger partial charge is 0.444 e. The summed E-state index contributed by atoms with van der Waals surface area (Å²) in [7, 11) is 0. The molecule has 2 atom stereocenters. The Kier molecular flexibility index (Phi) is 7.23. The highest BCUT2D eigenvalue weighted by atomic mass is 19.3. The second kappa shape index (κ2) is 10.2. The Balaban J connectivity index is 1.50. The zero-order chi connectivity index (χ0) is 26.0. The molecule has 1 aliphatic heterocycles. The first-order chi connectivity index (χ1) is 17.0. The van der Waals surface area contributed by atoms with E-state index in [0.717, 1.165) is 23.6 Å². The van der Waals surface area contributed by atoms with Gasteiger partial charge in [-0.3, -0.25) is 0 Å². The summed E-state index contributed by atoms with van der Waals surface area (Å²) in [4.78, 5) is 14.1. The SMILES string of the molecule is C[C@@H](Nc1cnnc2ccc(N[C@H]3CCN(C(=O)OC(C)(C)C)C3)cc12)c1cccc(C(F)F)c1F. The molecule has 0 spiro atoms. The molecule has 0 bridgehead atoms. The molecular formula is C26H30F3N5O2. The quantitative estimate of drug-likeness (QED) is 0.413. The Morgan fingerprint density at radius 2 is 1.94 bits per heavy atom. The van der Waals surface area contributed by atoms with Crippen molar-refractivity contribution in [3.05, 3.63) is 59.5 Å². The zero-order valence-corrected chi connectivity index (χ0v) is 20.7. The van der Waals surface area contributed by atoms with Gasteiger partial charge in [0, 0.05) is 35.8 Å². The molecule has 1 amide bonds. The molecule has 36 heavy (non-hydrogen) atoms. The van der Waals surface area contributed by atoms with E-state index in [2.05, 4.69) is 20.8 Å². The Labute approximate surface area is 208 Å². The number of alkyl halides is 2. The number of hydrogen-bond acceptors (Lipinski definition) is 6. The van der Waals surface area contributed by atoms with E-state index < -0.39 is 29.4 Å². The summed E-state index contributed by atoms with van der Waals surface area (Å²) < 4.78 is 46.4. The summed E-state index contributed by atoms with van der Waals surface area (Å²) in [6, 6.07) is 9.05. The van der Waals surface area contributed by atoms with Gasteiger partial charge in [0.25, 0.3) is 6.43 Å². The average Bonchev–Trinajstić information content (AvgIpc) is 3.27. The maximum atomic E-state index is 14.7. The number of halogens is 3. The Bertz CT molecular complexity index is 1250. The fraction of sp³-hybridized carbons (Fsp3) is 0.423. The molecule has 1 aromatic heterocycles. The lowest BCUT2D eigenvalue weighted by molar-refractivity contribution is 0.0293. The van der Waals surface area contributed by atoms with Gasteiger partial charge in [0.15, 0.2) is 0 Å². The van der Waals surface area contributed by atoms with Gasteiger partial charge in [-0.25, -0.2) is 18.0 Å². The summed E-state index contributed by atoms with van der Waals surface area (Å²) in [5.74, 6) is -0.919. The Hall–Kier alpha value is -3.56. The van der Waals surface area contributed by atoms with Crippen molar-refractivity contribution < 1.29 is 22.7 Å². The molecule has 2 aromatic carbocycles. The van der Waals surface area contributed by atoms with Crippen LogP contribution in [0.15, 0.2) is 42.6 Å². The van der Waals surface area contributed by atoms with Crippen LogP contribution in [-0.2, 0) is 4.74 Å². The van der Waals surface area contributed by atoms with Crippen molar-refractivity contribution in [3.63, 3.8) is 0 Å². The lowest BCUT2D eigenvalue weighted by Crippen LogP contribution is -2.36. The van der Waals surface area contributed by atoms with E-state index in [4.69, 9.17) is 4.74 Å². The van der Waals surface area contributed by atoms with E-state index in [9.17, 15) is 18.0 Å². The highest BCUT2D eigenvalue weighted by Gasteiger charge is 2.29. The number of fused-ring (bicyclic) bond motifs is 1. The van der Waals surface area contributed by atoms with E-state index in [1.807, 2.05) is 39.0 Å². The summed E-state index contributed by atoms with van der Waals surface area (Å²) >= 11 is 0. The third-order valence-electron chi connectivity index (χ3n) is 5.98. The first kappa shape index (κ1) is 25.5. The number of carbonyl (C=O) groups is 1. The van der Waals surface area contributed by atoms with Gasteiger partial charge < -0.3 is 20.3 Å². The lowest BCUT2D eigenvalue weighted by atomic mass is 10.0. The molecule has 0 radical (unpaired) electrons. The molecule has 4 rings (SSSR count). The van der Waals surface area contributed by atoms with Crippen LogP contribution in [0.1, 0.15) is 57.7 Å². The topological polar surface area (TPSA) is 79.4 Å². The molecule has 1 aliphatic rings. The standard InChI is InChI=1S/C26H30F3N5O2/c1-15(18-6-5-7-19(23(18)27)24(28)29)31-22-13-30-33-21-9-8-16(12-20(21)22)32-17-10-11-34(14-17)25(35)36-26(2,3)4/h5-9,12-13,15,17,24,32H,10-11,14H2,1-4H3,(H,31,33)/t15-,17+/m1/s1. The first-order valence-corrected chi connectivity index (χ1v) is 11.8. The van der Waals surface area contributed by atoms with Gasteiger partial charge in [-0.15, -0.1) is 0 Å². The van der Waals surface area contributed by atoms with Gasteiger partial charge >= 0.3 is 6.09 Å². The second-order valence-electron chi connectivity index (χ2n) is 9.96. The first-order valence-electron chi connectivity index (χ1n) is 11.8. The molecule has 0 unspecified atom stereocenters. The van der Waals surface area contributed by atoms with Crippen LogP contribution in [0.25, 0.3) is 10.9 Å². The monoisotopic (exact) mass is 501 g/mol. The number of anilines is 2. The number of amides is 1. The molecular weight excluding hydrogens is 471 g/mol. The third kappa shape index (κ3) is 5.80. The van der Waals surface area contributed by atoms with Crippen molar-refractivity contribution in [2.75, 3.05) is 23.7 Å². The van der Waals surface area contributed by atoms with Gasteiger partial charge in [-0.05, 0) is 52.3 Å². The molecule has 0 saturated carbocycles. The van der Waals surface area contributed by atoms with Crippen molar-refractivity contribution in [1.82, 2.24) is 15.1 Å². The number of aromatic nitrogens is 2. The van der Waals surface area contributed by atoms with Gasteiger partial charge in [0.2, 0.25) is 0 Å². The summed E-state index contributed by atoms with van der Waals surface area (Å²) in [6.07, 6.45) is -0.925. The number of nitrogens with zero attached hydrogens (tertiary/aromatic N) is 3. The molecule has 1 saturated heterocycles. The smallest absolute Gasteiger partial charge is 0.410 e. The highest BCUT2D eigenvalue weighted by molar-refractivity contribution is 5.93. The normalized spacial score (nSPS) is 16.9. The van der Waals surface area contributed by atoms with Crippen molar-refractivity contribution in [2.24, 2.45) is 0 Å². The van der Waals surface area contributed by atoms with Crippen LogP contribution >= 0.6 is 0 Å². The minimum atomic E-state index is -2.89. The summed E-state index contributed by atoms with van der Waals surface area (Å²) in [5.41, 5.74) is 1.02. The number of nitrogens with one attached hydrogen (secondary N) is 2. The van der Waals surface area contributed by atoms with Gasteiger partial charge in [0.1, 0.15) is 11.4 Å². The predicted molar refractivity (Wildman–Crippen MR) is 133 cm³/mol. The number of benzene rings is 2. The second-order valence-corrected chi connectivity index (χ2v) is 9.96. The molecule has 10 heteroatoms. The Morgan fingerprint density at radius 3 is 2.67 bits per heavy atom. The number of ether oxygens (including phenoxy) is 1. The molecule has 2 N–H and O–H groups in total. The van der Waals surface area contributed by atoms with Crippen LogP contribution in [0.5, 0.6) is 0 Å². The zero-order valence-electron chi connectivity index (χ0n) is 20.7. The van der Waals surface area contributed by atoms with Gasteiger partial charge in [-0.1, -0.05) is 18.2 Å². The van der Waals surface area contributed by atoms with Crippen LogP contribution in [0, 0.1) is 5.82 Å². The Morgan fingerprint density at radius 1 is 1.19 bits per heavy atom. The molecule has 2 heterocycles. The molecule has 3 aromatic rings. The van der Waals surface area contributed by atoms with Crippen molar-refractivity contribution >= 4 is 28.4 Å². The lowest BCUT2D eigenvalue weighted by Gasteiger charge is -2.24. The molecule has 192 valence electrons. The van der Waals surface area contributed by atoms with Crippen LogP contribution in [-0.4, -0.2) is 45.9 Å². The van der Waals surface area contributed by atoms with Gasteiger partial charge in [0.05, 0.1) is 29.0 Å². The van der Waals surface area contributed by atoms with Crippen LogP contribution in [0.3, 0.4) is 0 Å². The highest BCUT2D eigenvalue weighted by Crippen LogP contribution is 2.31. The van der Waals surface area contributed by atoms with Crippen LogP contribution in [0.2, 0.25) is 0 Å². The maximum absolute atomic E-state index is 14.7. The fourth-order valence-electron chi connectivity index (χ4n) is 4.25. The van der Waals surface area contributed by atoms with E-state index in [-0.39, 0.29) is 17.7 Å².